The van der Waals surface area contributed by atoms with Gasteiger partial charge in [-0.2, -0.15) is 0 Å². The molecule has 1 saturated carbocycles. The lowest BCUT2D eigenvalue weighted by Crippen LogP contribution is -2.53. The summed E-state index contributed by atoms with van der Waals surface area (Å²) in [6.07, 6.45) is 2.26. The largest absolute Gasteiger partial charge is 0.332 e. The lowest BCUT2D eigenvalue weighted by Gasteiger charge is -2.27. The second kappa shape index (κ2) is 3.54. The SMILES string of the molecule is CN(C(=O)NC(C)(C)CN)C1CC1. The zero-order valence-electron chi connectivity index (χ0n) is 8.63. The van der Waals surface area contributed by atoms with Crippen LogP contribution in [0.1, 0.15) is 26.7 Å². The smallest absolute Gasteiger partial charge is 0.317 e. The minimum Gasteiger partial charge on any atom is -0.332 e. The summed E-state index contributed by atoms with van der Waals surface area (Å²) in [5, 5.41) is 2.89. The molecule has 0 aromatic carbocycles. The molecular weight excluding hydrogens is 166 g/mol. The van der Waals surface area contributed by atoms with E-state index in [1.165, 1.54) is 0 Å². The van der Waals surface area contributed by atoms with Crippen LogP contribution in [0.3, 0.4) is 0 Å². The van der Waals surface area contributed by atoms with Crippen molar-refractivity contribution in [1.29, 1.82) is 0 Å². The highest BCUT2D eigenvalue weighted by Gasteiger charge is 2.31. The summed E-state index contributed by atoms with van der Waals surface area (Å²) in [4.78, 5) is 13.3. The third-order valence-corrected chi connectivity index (χ3v) is 2.37. The Balaban J connectivity index is 2.39. The van der Waals surface area contributed by atoms with Gasteiger partial charge in [-0.1, -0.05) is 0 Å². The first kappa shape index (κ1) is 10.3. The maximum Gasteiger partial charge on any atom is 0.317 e. The van der Waals surface area contributed by atoms with Gasteiger partial charge in [-0.25, -0.2) is 4.79 Å². The summed E-state index contributed by atoms with van der Waals surface area (Å²) in [6, 6.07) is 0.437. The monoisotopic (exact) mass is 185 g/mol. The predicted molar refractivity (Wildman–Crippen MR) is 52.5 cm³/mol. The second-order valence-corrected chi connectivity index (χ2v) is 4.36. The molecule has 4 nitrogen and oxygen atoms in total. The molecule has 3 N–H and O–H groups in total. The number of carbonyl (C=O) groups excluding carboxylic acids is 1. The van der Waals surface area contributed by atoms with Crippen LogP contribution in [0, 0.1) is 0 Å². The lowest BCUT2D eigenvalue weighted by atomic mass is 10.1. The lowest BCUT2D eigenvalue weighted by molar-refractivity contribution is 0.196. The van der Waals surface area contributed by atoms with E-state index in [4.69, 9.17) is 5.73 Å². The third-order valence-electron chi connectivity index (χ3n) is 2.37. The Morgan fingerprint density at radius 3 is 2.54 bits per heavy atom. The number of nitrogens with two attached hydrogens (primary N) is 1. The maximum atomic E-state index is 11.6. The summed E-state index contributed by atoms with van der Waals surface area (Å²) in [5.41, 5.74) is 5.21. The molecule has 0 saturated heterocycles. The summed E-state index contributed by atoms with van der Waals surface area (Å²) < 4.78 is 0. The minimum absolute atomic E-state index is 0.0158. The first-order valence-electron chi connectivity index (χ1n) is 4.71. The molecule has 0 aromatic heterocycles. The number of rotatable bonds is 3. The van der Waals surface area contributed by atoms with Gasteiger partial charge in [-0.3, -0.25) is 0 Å². The number of hydrogen-bond donors (Lipinski definition) is 2. The molecule has 0 aromatic rings. The molecule has 1 rings (SSSR count). The van der Waals surface area contributed by atoms with Crippen molar-refractivity contribution in [3.8, 4) is 0 Å². The van der Waals surface area contributed by atoms with Gasteiger partial charge in [0.15, 0.2) is 0 Å². The minimum atomic E-state index is -0.305. The van der Waals surface area contributed by atoms with Crippen molar-refractivity contribution in [3.63, 3.8) is 0 Å². The van der Waals surface area contributed by atoms with Crippen molar-refractivity contribution in [2.45, 2.75) is 38.3 Å². The number of carbonyl (C=O) groups is 1. The van der Waals surface area contributed by atoms with Gasteiger partial charge in [0.05, 0.1) is 0 Å². The Hall–Kier alpha value is -0.770. The molecule has 0 heterocycles. The zero-order valence-corrected chi connectivity index (χ0v) is 8.63. The quantitative estimate of drug-likeness (QED) is 0.673. The van der Waals surface area contributed by atoms with E-state index in [0.29, 0.717) is 12.6 Å². The number of amides is 2. The molecule has 0 bridgehead atoms. The third kappa shape index (κ3) is 2.88. The summed E-state index contributed by atoms with van der Waals surface area (Å²) in [6.45, 7) is 4.30. The predicted octanol–water partition coefficient (Wildman–Crippen LogP) is 0.527. The van der Waals surface area contributed by atoms with Crippen LogP contribution in [0.4, 0.5) is 4.79 Å². The average Bonchev–Trinajstić information content (AvgIpc) is 2.85. The summed E-state index contributed by atoms with van der Waals surface area (Å²) in [5.74, 6) is 0. The standard InChI is InChI=1S/C9H19N3O/c1-9(2,6-10)11-8(13)12(3)7-4-5-7/h7H,4-6,10H2,1-3H3,(H,11,13). The van der Waals surface area contributed by atoms with Crippen molar-refractivity contribution < 1.29 is 4.79 Å². The van der Waals surface area contributed by atoms with Gasteiger partial charge in [-0.05, 0) is 26.7 Å². The molecule has 0 spiro atoms. The van der Waals surface area contributed by atoms with Crippen LogP contribution in [-0.2, 0) is 0 Å². The Morgan fingerprint density at radius 1 is 1.62 bits per heavy atom. The van der Waals surface area contributed by atoms with Crippen molar-refractivity contribution in [2.24, 2.45) is 5.73 Å². The van der Waals surface area contributed by atoms with Crippen LogP contribution < -0.4 is 11.1 Å². The number of nitrogens with zero attached hydrogens (tertiary/aromatic N) is 1. The Kier molecular flexibility index (Phi) is 2.81. The van der Waals surface area contributed by atoms with E-state index < -0.39 is 0 Å². The molecule has 2 amide bonds. The molecule has 0 aliphatic heterocycles. The van der Waals surface area contributed by atoms with E-state index in [1.807, 2.05) is 20.9 Å². The zero-order chi connectivity index (χ0) is 10.1. The molecule has 0 unspecified atom stereocenters. The number of urea groups is 1. The van der Waals surface area contributed by atoms with Gasteiger partial charge in [0.25, 0.3) is 0 Å². The fourth-order valence-corrected chi connectivity index (χ4v) is 1.06. The molecule has 13 heavy (non-hydrogen) atoms. The highest BCUT2D eigenvalue weighted by Crippen LogP contribution is 2.25. The van der Waals surface area contributed by atoms with E-state index in [-0.39, 0.29) is 11.6 Å². The van der Waals surface area contributed by atoms with Crippen LogP contribution in [-0.4, -0.2) is 36.1 Å². The van der Waals surface area contributed by atoms with Crippen molar-refractivity contribution in [3.05, 3.63) is 0 Å². The molecule has 1 aliphatic carbocycles. The highest BCUT2D eigenvalue weighted by molar-refractivity contribution is 5.75. The Morgan fingerprint density at radius 2 is 2.15 bits per heavy atom. The van der Waals surface area contributed by atoms with Gasteiger partial charge in [0.2, 0.25) is 0 Å². The molecule has 4 heteroatoms. The second-order valence-electron chi connectivity index (χ2n) is 4.36. The van der Waals surface area contributed by atoms with Crippen molar-refractivity contribution >= 4 is 6.03 Å². The van der Waals surface area contributed by atoms with Gasteiger partial charge in [0.1, 0.15) is 0 Å². The van der Waals surface area contributed by atoms with E-state index in [0.717, 1.165) is 12.8 Å². The van der Waals surface area contributed by atoms with Crippen LogP contribution in [0.25, 0.3) is 0 Å². The van der Waals surface area contributed by atoms with Crippen molar-refractivity contribution in [2.75, 3.05) is 13.6 Å². The van der Waals surface area contributed by atoms with Gasteiger partial charge < -0.3 is 16.0 Å². The van der Waals surface area contributed by atoms with Crippen molar-refractivity contribution in [1.82, 2.24) is 10.2 Å². The molecule has 0 atom stereocenters. The summed E-state index contributed by atoms with van der Waals surface area (Å²) >= 11 is 0. The van der Waals surface area contributed by atoms with E-state index in [9.17, 15) is 4.79 Å². The first-order valence-corrected chi connectivity index (χ1v) is 4.71. The Bertz CT molecular complexity index is 199. The maximum absolute atomic E-state index is 11.6. The molecule has 1 aliphatic rings. The normalized spacial score (nSPS) is 16.9. The molecule has 76 valence electrons. The number of nitrogens with one attached hydrogen (secondary N) is 1. The first-order chi connectivity index (χ1) is 5.96. The highest BCUT2D eigenvalue weighted by atomic mass is 16.2. The molecular formula is C9H19N3O. The van der Waals surface area contributed by atoms with Crippen LogP contribution in [0.5, 0.6) is 0 Å². The molecule has 1 fully saturated rings. The average molecular weight is 185 g/mol. The van der Waals surface area contributed by atoms with Crippen LogP contribution >= 0.6 is 0 Å². The topological polar surface area (TPSA) is 58.4 Å². The van der Waals surface area contributed by atoms with Gasteiger partial charge in [-0.15, -0.1) is 0 Å². The number of hydrogen-bond acceptors (Lipinski definition) is 2. The van der Waals surface area contributed by atoms with E-state index >= 15 is 0 Å². The fourth-order valence-electron chi connectivity index (χ4n) is 1.06. The summed E-state index contributed by atoms with van der Waals surface area (Å²) in [7, 11) is 1.83. The van der Waals surface area contributed by atoms with E-state index in [1.54, 1.807) is 4.90 Å². The molecule has 0 radical (unpaired) electrons. The van der Waals surface area contributed by atoms with Gasteiger partial charge in [0, 0.05) is 25.2 Å². The van der Waals surface area contributed by atoms with Crippen LogP contribution in [0.15, 0.2) is 0 Å². The van der Waals surface area contributed by atoms with Crippen LogP contribution in [0.2, 0.25) is 0 Å². The Labute approximate surface area is 79.5 Å². The van der Waals surface area contributed by atoms with E-state index in [2.05, 4.69) is 5.32 Å². The van der Waals surface area contributed by atoms with Gasteiger partial charge >= 0.3 is 6.03 Å². The fraction of sp³-hybridized carbons (Fsp3) is 0.889.